The molecule has 6 nitrogen and oxygen atoms in total. The standard InChI is InChI=1S/C21H27N3O3S/c1-15-8-11-19(28(26,27)23-18-9-10-18)12-20(15)21(25)22-13-16-6-4-5-7-17(16)14-24(2)3/h4-8,11-12,18,23H,9-10,13-14H2,1-3H3,(H,22,25). The van der Waals surface area contributed by atoms with Gasteiger partial charge in [0.1, 0.15) is 0 Å². The topological polar surface area (TPSA) is 78.5 Å². The van der Waals surface area contributed by atoms with E-state index in [1.807, 2.05) is 38.4 Å². The number of hydrogen-bond acceptors (Lipinski definition) is 4. The molecule has 150 valence electrons. The molecule has 28 heavy (non-hydrogen) atoms. The van der Waals surface area contributed by atoms with Gasteiger partial charge in [0.2, 0.25) is 10.0 Å². The fourth-order valence-electron chi connectivity index (χ4n) is 3.00. The zero-order chi connectivity index (χ0) is 20.3. The molecule has 0 saturated heterocycles. The fraction of sp³-hybridized carbons (Fsp3) is 0.381. The molecule has 2 N–H and O–H groups in total. The maximum Gasteiger partial charge on any atom is 0.251 e. The highest BCUT2D eigenvalue weighted by molar-refractivity contribution is 7.89. The van der Waals surface area contributed by atoms with E-state index in [0.717, 1.165) is 36.1 Å². The van der Waals surface area contributed by atoms with Gasteiger partial charge in [-0.2, -0.15) is 0 Å². The molecule has 0 unspecified atom stereocenters. The minimum atomic E-state index is -3.59. The number of carbonyl (C=O) groups is 1. The molecule has 1 amide bonds. The van der Waals surface area contributed by atoms with Crippen molar-refractivity contribution in [3.8, 4) is 0 Å². The van der Waals surface area contributed by atoms with Crippen molar-refractivity contribution >= 4 is 15.9 Å². The Morgan fingerprint density at radius 2 is 1.79 bits per heavy atom. The van der Waals surface area contributed by atoms with Gasteiger partial charge in [0.15, 0.2) is 0 Å². The predicted octanol–water partition coefficient (Wildman–Crippen LogP) is 2.43. The fourth-order valence-corrected chi connectivity index (χ4v) is 4.33. The Morgan fingerprint density at radius 1 is 1.11 bits per heavy atom. The Balaban J connectivity index is 1.75. The summed E-state index contributed by atoms with van der Waals surface area (Å²) >= 11 is 0. The summed E-state index contributed by atoms with van der Waals surface area (Å²) in [5.41, 5.74) is 3.31. The van der Waals surface area contributed by atoms with Crippen LogP contribution in [0.25, 0.3) is 0 Å². The first-order chi connectivity index (χ1) is 13.3. The summed E-state index contributed by atoms with van der Waals surface area (Å²) in [6, 6.07) is 12.7. The van der Waals surface area contributed by atoms with Crippen LogP contribution in [0.3, 0.4) is 0 Å². The van der Waals surface area contributed by atoms with Crippen molar-refractivity contribution in [1.29, 1.82) is 0 Å². The lowest BCUT2D eigenvalue weighted by Gasteiger charge is -2.15. The van der Waals surface area contributed by atoms with Crippen molar-refractivity contribution in [3.05, 3.63) is 64.7 Å². The van der Waals surface area contributed by atoms with Crippen molar-refractivity contribution in [2.45, 2.75) is 43.8 Å². The third-order valence-corrected chi connectivity index (χ3v) is 6.23. The van der Waals surface area contributed by atoms with Crippen molar-refractivity contribution in [2.24, 2.45) is 0 Å². The number of hydrogen-bond donors (Lipinski definition) is 2. The number of benzene rings is 2. The first-order valence-corrected chi connectivity index (χ1v) is 10.9. The average Bonchev–Trinajstić information content (AvgIpc) is 3.43. The highest BCUT2D eigenvalue weighted by Crippen LogP contribution is 2.23. The molecule has 1 aliphatic carbocycles. The number of nitrogens with one attached hydrogen (secondary N) is 2. The quantitative estimate of drug-likeness (QED) is 0.712. The number of aryl methyl sites for hydroxylation is 1. The summed E-state index contributed by atoms with van der Waals surface area (Å²) in [5, 5.41) is 2.93. The van der Waals surface area contributed by atoms with E-state index < -0.39 is 10.0 Å². The van der Waals surface area contributed by atoms with Crippen LogP contribution in [0.5, 0.6) is 0 Å². The Morgan fingerprint density at radius 3 is 2.43 bits per heavy atom. The predicted molar refractivity (Wildman–Crippen MR) is 110 cm³/mol. The van der Waals surface area contributed by atoms with Crippen LogP contribution in [0, 0.1) is 6.92 Å². The first kappa shape index (κ1) is 20.5. The Hall–Kier alpha value is -2.22. The SMILES string of the molecule is Cc1ccc(S(=O)(=O)NC2CC2)cc1C(=O)NCc1ccccc1CN(C)C. The summed E-state index contributed by atoms with van der Waals surface area (Å²) < 4.78 is 27.5. The molecule has 0 aromatic heterocycles. The molecule has 0 atom stereocenters. The number of rotatable bonds is 8. The molecule has 0 aliphatic heterocycles. The molecular formula is C21H27N3O3S. The van der Waals surface area contributed by atoms with Gasteiger partial charge in [0, 0.05) is 24.7 Å². The number of nitrogens with zero attached hydrogens (tertiary/aromatic N) is 1. The number of amides is 1. The van der Waals surface area contributed by atoms with Crippen LogP contribution in [-0.4, -0.2) is 39.4 Å². The Kier molecular flexibility index (Phi) is 6.17. The molecule has 1 fully saturated rings. The van der Waals surface area contributed by atoms with E-state index in [1.54, 1.807) is 19.1 Å². The van der Waals surface area contributed by atoms with Gasteiger partial charge in [-0.25, -0.2) is 13.1 Å². The number of carbonyl (C=O) groups excluding carboxylic acids is 1. The summed E-state index contributed by atoms with van der Waals surface area (Å²) in [4.78, 5) is 15.0. The molecular weight excluding hydrogens is 374 g/mol. The molecule has 0 radical (unpaired) electrons. The summed E-state index contributed by atoms with van der Waals surface area (Å²) in [7, 11) is 0.408. The largest absolute Gasteiger partial charge is 0.348 e. The second kappa shape index (κ2) is 8.43. The van der Waals surface area contributed by atoms with Crippen molar-refractivity contribution in [1.82, 2.24) is 14.9 Å². The Labute approximate surface area is 167 Å². The third-order valence-electron chi connectivity index (χ3n) is 4.71. The van der Waals surface area contributed by atoms with Crippen molar-refractivity contribution in [2.75, 3.05) is 14.1 Å². The van der Waals surface area contributed by atoms with E-state index in [0.29, 0.717) is 12.1 Å². The van der Waals surface area contributed by atoms with Gasteiger partial charge in [0.05, 0.1) is 4.90 Å². The number of sulfonamides is 1. The maximum absolute atomic E-state index is 12.7. The molecule has 3 rings (SSSR count). The zero-order valence-electron chi connectivity index (χ0n) is 16.5. The smallest absolute Gasteiger partial charge is 0.251 e. The normalized spacial score (nSPS) is 14.3. The summed E-state index contributed by atoms with van der Waals surface area (Å²) in [6.07, 6.45) is 1.73. The highest BCUT2D eigenvalue weighted by Gasteiger charge is 2.28. The monoisotopic (exact) mass is 401 g/mol. The minimum absolute atomic E-state index is 0.0248. The first-order valence-electron chi connectivity index (χ1n) is 9.39. The van der Waals surface area contributed by atoms with E-state index in [9.17, 15) is 13.2 Å². The summed E-state index contributed by atoms with van der Waals surface area (Å²) in [6.45, 7) is 2.98. The zero-order valence-corrected chi connectivity index (χ0v) is 17.3. The molecule has 7 heteroatoms. The molecule has 2 aromatic carbocycles. The molecule has 1 aliphatic rings. The average molecular weight is 402 g/mol. The van der Waals surface area contributed by atoms with Gasteiger partial charge >= 0.3 is 0 Å². The van der Waals surface area contributed by atoms with E-state index in [4.69, 9.17) is 0 Å². The van der Waals surface area contributed by atoms with Crippen LogP contribution in [0.2, 0.25) is 0 Å². The van der Waals surface area contributed by atoms with Gasteiger partial charge < -0.3 is 10.2 Å². The van der Waals surface area contributed by atoms with E-state index in [1.165, 1.54) is 6.07 Å². The van der Waals surface area contributed by atoms with Crippen LogP contribution in [0.4, 0.5) is 0 Å². The van der Waals surface area contributed by atoms with Crippen molar-refractivity contribution < 1.29 is 13.2 Å². The van der Waals surface area contributed by atoms with Crippen LogP contribution in [-0.2, 0) is 23.1 Å². The van der Waals surface area contributed by atoms with Gasteiger partial charge in [-0.3, -0.25) is 4.79 Å². The second-order valence-electron chi connectivity index (χ2n) is 7.56. The Bertz CT molecular complexity index is 967. The van der Waals surface area contributed by atoms with Crippen molar-refractivity contribution in [3.63, 3.8) is 0 Å². The molecule has 0 heterocycles. The minimum Gasteiger partial charge on any atom is -0.348 e. The lowest BCUT2D eigenvalue weighted by molar-refractivity contribution is 0.0950. The van der Waals surface area contributed by atoms with E-state index in [-0.39, 0.29) is 16.8 Å². The van der Waals surface area contributed by atoms with Crippen LogP contribution in [0.15, 0.2) is 47.4 Å². The second-order valence-corrected chi connectivity index (χ2v) is 9.28. The van der Waals surface area contributed by atoms with Crippen LogP contribution in [0.1, 0.15) is 39.9 Å². The van der Waals surface area contributed by atoms with Crippen LogP contribution >= 0.6 is 0 Å². The van der Waals surface area contributed by atoms with Crippen LogP contribution < -0.4 is 10.0 Å². The maximum atomic E-state index is 12.7. The van der Waals surface area contributed by atoms with Gasteiger partial charge in [0.25, 0.3) is 5.91 Å². The van der Waals surface area contributed by atoms with Gasteiger partial charge in [-0.05, 0) is 62.7 Å². The molecule has 0 bridgehead atoms. The summed E-state index contributed by atoms with van der Waals surface area (Å²) in [5.74, 6) is -0.277. The third kappa shape index (κ3) is 5.19. The van der Waals surface area contributed by atoms with Gasteiger partial charge in [-0.15, -0.1) is 0 Å². The lowest BCUT2D eigenvalue weighted by Crippen LogP contribution is -2.27. The van der Waals surface area contributed by atoms with E-state index in [2.05, 4.69) is 14.9 Å². The molecule has 1 saturated carbocycles. The van der Waals surface area contributed by atoms with E-state index >= 15 is 0 Å². The lowest BCUT2D eigenvalue weighted by atomic mass is 10.1. The van der Waals surface area contributed by atoms with Gasteiger partial charge in [-0.1, -0.05) is 30.3 Å². The molecule has 2 aromatic rings. The molecule has 0 spiro atoms. The highest BCUT2D eigenvalue weighted by atomic mass is 32.2.